The summed E-state index contributed by atoms with van der Waals surface area (Å²) in [6.07, 6.45) is 0. The molecule has 0 aliphatic carbocycles. The lowest BCUT2D eigenvalue weighted by atomic mass is 9.82. The molecule has 0 aromatic heterocycles. The number of benzene rings is 2. The maximum atomic E-state index is 13.1. The van der Waals surface area contributed by atoms with Crippen LogP contribution in [0, 0.1) is 17.7 Å². The topological polar surface area (TPSA) is 24.5 Å². The zero-order chi connectivity index (χ0) is 16.4. The quantitative estimate of drug-likeness (QED) is 0.932. The van der Waals surface area contributed by atoms with E-state index in [2.05, 4.69) is 40.5 Å². The Hall–Kier alpha value is -1.91. The van der Waals surface area contributed by atoms with Crippen molar-refractivity contribution in [2.24, 2.45) is 11.8 Å². The maximum absolute atomic E-state index is 13.1. The number of likely N-dealkylation sites (tertiary alicyclic amines) is 1. The van der Waals surface area contributed by atoms with Crippen molar-refractivity contribution in [3.8, 4) is 0 Å². The van der Waals surface area contributed by atoms with Gasteiger partial charge in [0.15, 0.2) is 0 Å². The third-order valence-electron chi connectivity index (χ3n) is 5.09. The van der Waals surface area contributed by atoms with Gasteiger partial charge in [-0.3, -0.25) is 4.90 Å². The van der Waals surface area contributed by atoms with Crippen molar-refractivity contribution in [3.63, 3.8) is 0 Å². The fraction of sp³-hybridized carbons (Fsp3) is 0.400. The summed E-state index contributed by atoms with van der Waals surface area (Å²) in [7, 11) is 0. The van der Waals surface area contributed by atoms with Gasteiger partial charge >= 0.3 is 0 Å². The predicted octanol–water partition coefficient (Wildman–Crippen LogP) is 3.38. The van der Waals surface area contributed by atoms with Gasteiger partial charge in [-0.25, -0.2) is 4.39 Å². The van der Waals surface area contributed by atoms with Gasteiger partial charge in [0.05, 0.1) is 13.2 Å². The van der Waals surface area contributed by atoms with Crippen LogP contribution in [-0.4, -0.2) is 37.2 Å². The molecule has 0 saturated carbocycles. The van der Waals surface area contributed by atoms with Crippen LogP contribution in [0.25, 0.3) is 0 Å². The van der Waals surface area contributed by atoms with Crippen LogP contribution < -0.4 is 5.32 Å². The standard InChI is InChI=1S/C20H23FN2O/c21-18-6-8-19(9-7-18)22-20-16-11-23(12-17(20)14-24-13-16)10-15-4-2-1-3-5-15/h1-9,16-17,20,22H,10-14H2/t16-,17?,20?/m0/s1. The van der Waals surface area contributed by atoms with Gasteiger partial charge < -0.3 is 10.1 Å². The van der Waals surface area contributed by atoms with Crippen LogP contribution >= 0.6 is 0 Å². The number of piperidine rings is 1. The van der Waals surface area contributed by atoms with Gasteiger partial charge in [-0.15, -0.1) is 0 Å². The van der Waals surface area contributed by atoms with Crippen LogP contribution in [0.15, 0.2) is 54.6 Å². The molecule has 0 radical (unpaired) electrons. The van der Waals surface area contributed by atoms with Crippen molar-refractivity contribution in [2.75, 3.05) is 31.6 Å². The summed E-state index contributed by atoms with van der Waals surface area (Å²) in [6, 6.07) is 17.7. The van der Waals surface area contributed by atoms with Crippen molar-refractivity contribution in [1.82, 2.24) is 4.90 Å². The summed E-state index contributed by atoms with van der Waals surface area (Å²) in [5, 5.41) is 3.62. The fourth-order valence-corrected chi connectivity index (χ4v) is 3.98. The highest BCUT2D eigenvalue weighted by molar-refractivity contribution is 5.44. The number of ether oxygens (including phenoxy) is 1. The Morgan fingerprint density at radius 2 is 1.62 bits per heavy atom. The summed E-state index contributed by atoms with van der Waals surface area (Å²) in [5.74, 6) is 0.735. The van der Waals surface area contributed by atoms with Gasteiger partial charge in [-0.05, 0) is 29.8 Å². The van der Waals surface area contributed by atoms with Gasteiger partial charge in [-0.2, -0.15) is 0 Å². The highest BCUT2D eigenvalue weighted by Crippen LogP contribution is 2.31. The largest absolute Gasteiger partial charge is 0.381 e. The van der Waals surface area contributed by atoms with Crippen LogP contribution in [0.1, 0.15) is 5.56 Å². The van der Waals surface area contributed by atoms with Crippen molar-refractivity contribution in [2.45, 2.75) is 12.6 Å². The molecule has 1 N–H and O–H groups in total. The Labute approximate surface area is 142 Å². The average Bonchev–Trinajstić information content (AvgIpc) is 2.58. The molecule has 2 aliphatic rings. The number of fused-ring (bicyclic) bond motifs is 2. The number of nitrogens with one attached hydrogen (secondary N) is 1. The zero-order valence-electron chi connectivity index (χ0n) is 13.7. The molecule has 2 aromatic carbocycles. The van der Waals surface area contributed by atoms with E-state index in [1.165, 1.54) is 17.7 Å². The van der Waals surface area contributed by atoms with Crippen molar-refractivity contribution in [1.29, 1.82) is 0 Å². The average molecular weight is 326 g/mol. The minimum absolute atomic E-state index is 0.193. The van der Waals surface area contributed by atoms with E-state index in [1.54, 1.807) is 0 Å². The first-order valence-electron chi connectivity index (χ1n) is 8.64. The molecule has 2 aliphatic heterocycles. The molecule has 4 heteroatoms. The lowest BCUT2D eigenvalue weighted by Crippen LogP contribution is -2.57. The molecule has 2 heterocycles. The van der Waals surface area contributed by atoms with Gasteiger partial charge in [0, 0.05) is 43.2 Å². The molecule has 126 valence electrons. The van der Waals surface area contributed by atoms with Crippen LogP contribution in [0.2, 0.25) is 0 Å². The zero-order valence-corrected chi connectivity index (χ0v) is 13.7. The van der Waals surface area contributed by atoms with E-state index in [4.69, 9.17) is 4.74 Å². The second kappa shape index (κ2) is 6.91. The Balaban J connectivity index is 1.44. The molecular weight excluding hydrogens is 303 g/mol. The Kier molecular flexibility index (Phi) is 4.50. The van der Waals surface area contributed by atoms with Crippen molar-refractivity contribution >= 4 is 5.69 Å². The van der Waals surface area contributed by atoms with Crippen molar-refractivity contribution < 1.29 is 9.13 Å². The number of hydrogen-bond donors (Lipinski definition) is 1. The highest BCUT2D eigenvalue weighted by Gasteiger charge is 2.40. The molecule has 2 aromatic rings. The number of rotatable bonds is 4. The smallest absolute Gasteiger partial charge is 0.123 e. The SMILES string of the molecule is Fc1ccc(NC2C3COC[C@@H]2CN(Cc2ccccc2)C3)cc1. The summed E-state index contributed by atoms with van der Waals surface area (Å²) in [5.41, 5.74) is 2.36. The predicted molar refractivity (Wildman–Crippen MR) is 93.3 cm³/mol. The normalized spacial score (nSPS) is 27.0. The van der Waals surface area contributed by atoms with Crippen LogP contribution in [0.4, 0.5) is 10.1 Å². The molecule has 3 atom stereocenters. The van der Waals surface area contributed by atoms with E-state index in [1.807, 2.05) is 12.1 Å². The van der Waals surface area contributed by atoms with E-state index in [0.717, 1.165) is 38.5 Å². The minimum atomic E-state index is -0.193. The van der Waals surface area contributed by atoms with E-state index >= 15 is 0 Å². The van der Waals surface area contributed by atoms with Gasteiger partial charge in [0.2, 0.25) is 0 Å². The van der Waals surface area contributed by atoms with Crippen LogP contribution in [0.3, 0.4) is 0 Å². The van der Waals surface area contributed by atoms with Crippen LogP contribution in [0.5, 0.6) is 0 Å². The molecule has 4 rings (SSSR count). The highest BCUT2D eigenvalue weighted by atomic mass is 19.1. The monoisotopic (exact) mass is 326 g/mol. The first-order valence-corrected chi connectivity index (χ1v) is 8.64. The summed E-state index contributed by atoms with van der Waals surface area (Å²) in [4.78, 5) is 2.54. The molecule has 24 heavy (non-hydrogen) atoms. The molecule has 2 saturated heterocycles. The number of halogens is 1. The molecule has 2 bridgehead atoms. The molecule has 0 spiro atoms. The van der Waals surface area contributed by atoms with E-state index in [0.29, 0.717) is 17.9 Å². The number of hydrogen-bond acceptors (Lipinski definition) is 3. The first-order chi connectivity index (χ1) is 11.8. The molecule has 2 fully saturated rings. The minimum Gasteiger partial charge on any atom is -0.381 e. The third-order valence-corrected chi connectivity index (χ3v) is 5.09. The molecule has 3 nitrogen and oxygen atoms in total. The molecular formula is C20H23FN2O. The summed E-state index contributed by atoms with van der Waals surface area (Å²) in [6.45, 7) is 4.65. The lowest BCUT2D eigenvalue weighted by Gasteiger charge is -2.47. The fourth-order valence-electron chi connectivity index (χ4n) is 3.98. The maximum Gasteiger partial charge on any atom is 0.123 e. The Bertz CT molecular complexity index is 647. The van der Waals surface area contributed by atoms with E-state index in [9.17, 15) is 4.39 Å². The lowest BCUT2D eigenvalue weighted by molar-refractivity contribution is -0.0512. The summed E-state index contributed by atoms with van der Waals surface area (Å²) < 4.78 is 18.9. The Morgan fingerprint density at radius 1 is 0.958 bits per heavy atom. The number of anilines is 1. The third kappa shape index (κ3) is 3.45. The Morgan fingerprint density at radius 3 is 2.29 bits per heavy atom. The van der Waals surface area contributed by atoms with Gasteiger partial charge in [0.25, 0.3) is 0 Å². The molecule has 2 unspecified atom stereocenters. The van der Waals surface area contributed by atoms with Gasteiger partial charge in [-0.1, -0.05) is 30.3 Å². The van der Waals surface area contributed by atoms with Crippen LogP contribution in [-0.2, 0) is 11.3 Å². The molecule has 0 amide bonds. The second-order valence-electron chi connectivity index (χ2n) is 6.91. The summed E-state index contributed by atoms with van der Waals surface area (Å²) >= 11 is 0. The van der Waals surface area contributed by atoms with E-state index in [-0.39, 0.29) is 5.82 Å². The first kappa shape index (κ1) is 15.6. The van der Waals surface area contributed by atoms with E-state index < -0.39 is 0 Å². The second-order valence-corrected chi connectivity index (χ2v) is 6.91. The number of nitrogens with zero attached hydrogens (tertiary/aromatic N) is 1. The van der Waals surface area contributed by atoms with Gasteiger partial charge in [0.1, 0.15) is 5.82 Å². The van der Waals surface area contributed by atoms with Crippen molar-refractivity contribution in [3.05, 3.63) is 66.0 Å².